The van der Waals surface area contributed by atoms with Crippen LogP contribution in [0, 0.1) is 18.6 Å². The van der Waals surface area contributed by atoms with E-state index in [9.17, 15) is 18.7 Å². The summed E-state index contributed by atoms with van der Waals surface area (Å²) in [5.41, 5.74) is 1.20. The van der Waals surface area contributed by atoms with Gasteiger partial charge in [-0.3, -0.25) is 4.79 Å². The zero-order chi connectivity index (χ0) is 14.7. The standard InChI is InChI=1S/C15H13F2NO2/c1-9-2-5-13(14(19)6-9)18-15(20)7-10-3-4-11(16)8-12(10)17/h2-6,8,19H,7H2,1H3,(H,18,20). The Bertz CT molecular complexity index is 601. The van der Waals surface area contributed by atoms with Crippen molar-refractivity contribution in [3.8, 4) is 5.75 Å². The zero-order valence-corrected chi connectivity index (χ0v) is 10.8. The average molecular weight is 277 g/mol. The number of carbonyl (C=O) groups is 1. The third-order valence-corrected chi connectivity index (χ3v) is 2.79. The Kier molecular flexibility index (Phi) is 3.98. The van der Waals surface area contributed by atoms with Crippen LogP contribution in [-0.2, 0) is 11.2 Å². The molecule has 0 spiro atoms. The fourth-order valence-corrected chi connectivity index (χ4v) is 1.78. The molecule has 0 bridgehead atoms. The molecule has 20 heavy (non-hydrogen) atoms. The lowest BCUT2D eigenvalue weighted by atomic mass is 10.1. The fraction of sp³-hybridized carbons (Fsp3) is 0.133. The van der Waals surface area contributed by atoms with Crippen molar-refractivity contribution >= 4 is 11.6 Å². The second-order valence-corrected chi connectivity index (χ2v) is 4.48. The minimum absolute atomic E-state index is 0.0575. The third-order valence-electron chi connectivity index (χ3n) is 2.79. The van der Waals surface area contributed by atoms with Gasteiger partial charge in [0.05, 0.1) is 12.1 Å². The Hall–Kier alpha value is -2.43. The summed E-state index contributed by atoms with van der Waals surface area (Å²) < 4.78 is 26.2. The Morgan fingerprint density at radius 2 is 1.95 bits per heavy atom. The van der Waals surface area contributed by atoms with E-state index in [0.717, 1.165) is 17.7 Å². The van der Waals surface area contributed by atoms with Crippen LogP contribution in [0.3, 0.4) is 0 Å². The van der Waals surface area contributed by atoms with Gasteiger partial charge in [0.25, 0.3) is 0 Å². The largest absolute Gasteiger partial charge is 0.506 e. The first-order valence-corrected chi connectivity index (χ1v) is 5.99. The lowest BCUT2D eigenvalue weighted by molar-refractivity contribution is -0.115. The maximum atomic E-state index is 13.4. The number of aromatic hydroxyl groups is 1. The van der Waals surface area contributed by atoms with Crippen LogP contribution in [0.25, 0.3) is 0 Å². The molecule has 0 aliphatic heterocycles. The van der Waals surface area contributed by atoms with Crippen molar-refractivity contribution in [2.45, 2.75) is 13.3 Å². The van der Waals surface area contributed by atoms with E-state index in [1.807, 2.05) is 0 Å². The molecule has 5 heteroatoms. The summed E-state index contributed by atoms with van der Waals surface area (Å²) in [6.45, 7) is 1.80. The molecule has 2 N–H and O–H groups in total. The number of aryl methyl sites for hydroxylation is 1. The van der Waals surface area contributed by atoms with Gasteiger partial charge in [-0.25, -0.2) is 8.78 Å². The molecule has 2 rings (SSSR count). The molecule has 0 unspecified atom stereocenters. The number of benzene rings is 2. The lowest BCUT2D eigenvalue weighted by Gasteiger charge is -2.08. The topological polar surface area (TPSA) is 49.3 Å². The molecule has 0 saturated carbocycles. The lowest BCUT2D eigenvalue weighted by Crippen LogP contribution is -2.15. The molecule has 0 heterocycles. The van der Waals surface area contributed by atoms with Gasteiger partial charge in [-0.05, 0) is 36.2 Å². The number of carbonyl (C=O) groups excluding carboxylic acids is 1. The maximum Gasteiger partial charge on any atom is 0.229 e. The van der Waals surface area contributed by atoms with Gasteiger partial charge in [-0.2, -0.15) is 0 Å². The minimum Gasteiger partial charge on any atom is -0.506 e. The van der Waals surface area contributed by atoms with Crippen LogP contribution in [0.4, 0.5) is 14.5 Å². The van der Waals surface area contributed by atoms with Crippen molar-refractivity contribution in [3.05, 3.63) is 59.2 Å². The maximum absolute atomic E-state index is 13.4. The van der Waals surface area contributed by atoms with Crippen molar-refractivity contribution in [1.82, 2.24) is 0 Å². The second-order valence-electron chi connectivity index (χ2n) is 4.48. The van der Waals surface area contributed by atoms with Crippen LogP contribution in [0.1, 0.15) is 11.1 Å². The summed E-state index contributed by atoms with van der Waals surface area (Å²) in [6.07, 6.45) is -0.237. The third kappa shape index (κ3) is 3.32. The highest BCUT2D eigenvalue weighted by Crippen LogP contribution is 2.24. The summed E-state index contributed by atoms with van der Waals surface area (Å²) >= 11 is 0. The van der Waals surface area contributed by atoms with Crippen LogP contribution in [-0.4, -0.2) is 11.0 Å². The molecule has 104 valence electrons. The molecule has 0 aliphatic rings. The van der Waals surface area contributed by atoms with E-state index in [-0.39, 0.29) is 23.4 Å². The predicted molar refractivity (Wildman–Crippen MR) is 71.5 cm³/mol. The van der Waals surface area contributed by atoms with E-state index in [1.54, 1.807) is 19.1 Å². The normalized spacial score (nSPS) is 10.3. The van der Waals surface area contributed by atoms with E-state index >= 15 is 0 Å². The molecular weight excluding hydrogens is 264 g/mol. The van der Waals surface area contributed by atoms with Crippen molar-refractivity contribution < 1.29 is 18.7 Å². The number of rotatable bonds is 3. The SMILES string of the molecule is Cc1ccc(NC(=O)Cc2ccc(F)cc2F)c(O)c1. The summed E-state index contributed by atoms with van der Waals surface area (Å²) in [5, 5.41) is 12.1. The highest BCUT2D eigenvalue weighted by Gasteiger charge is 2.11. The minimum atomic E-state index is -0.770. The average Bonchev–Trinajstić information content (AvgIpc) is 2.36. The van der Waals surface area contributed by atoms with Crippen LogP contribution in [0.15, 0.2) is 36.4 Å². The number of amides is 1. The van der Waals surface area contributed by atoms with Gasteiger partial charge in [0.1, 0.15) is 17.4 Å². The van der Waals surface area contributed by atoms with E-state index < -0.39 is 17.5 Å². The van der Waals surface area contributed by atoms with Gasteiger partial charge >= 0.3 is 0 Å². The van der Waals surface area contributed by atoms with Gasteiger partial charge in [0, 0.05) is 6.07 Å². The summed E-state index contributed by atoms with van der Waals surface area (Å²) in [6, 6.07) is 7.84. The number of hydrogen-bond donors (Lipinski definition) is 2. The van der Waals surface area contributed by atoms with Crippen molar-refractivity contribution in [2.75, 3.05) is 5.32 Å². The number of phenols is 1. The Labute approximate surface area is 114 Å². The van der Waals surface area contributed by atoms with Gasteiger partial charge in [-0.15, -0.1) is 0 Å². The molecule has 2 aromatic carbocycles. The van der Waals surface area contributed by atoms with Crippen molar-refractivity contribution in [2.24, 2.45) is 0 Å². The van der Waals surface area contributed by atoms with Crippen molar-refractivity contribution in [1.29, 1.82) is 0 Å². The van der Waals surface area contributed by atoms with E-state index in [2.05, 4.69) is 5.32 Å². The second kappa shape index (κ2) is 5.69. The van der Waals surface area contributed by atoms with Gasteiger partial charge in [0.15, 0.2) is 0 Å². The molecule has 0 aliphatic carbocycles. The number of hydrogen-bond acceptors (Lipinski definition) is 2. The number of anilines is 1. The Morgan fingerprint density at radius 3 is 2.60 bits per heavy atom. The summed E-state index contributed by atoms with van der Waals surface area (Å²) in [4.78, 5) is 11.8. The number of halogens is 2. The fourth-order valence-electron chi connectivity index (χ4n) is 1.78. The molecule has 0 aromatic heterocycles. The van der Waals surface area contributed by atoms with Crippen molar-refractivity contribution in [3.63, 3.8) is 0 Å². The first-order chi connectivity index (χ1) is 9.45. The first kappa shape index (κ1) is 14.0. The van der Waals surface area contributed by atoms with E-state index in [1.165, 1.54) is 12.1 Å². The van der Waals surface area contributed by atoms with Crippen LogP contribution < -0.4 is 5.32 Å². The van der Waals surface area contributed by atoms with E-state index in [0.29, 0.717) is 0 Å². The molecule has 0 fully saturated rings. The Morgan fingerprint density at radius 1 is 1.20 bits per heavy atom. The van der Waals surface area contributed by atoms with Crippen LogP contribution in [0.5, 0.6) is 5.75 Å². The van der Waals surface area contributed by atoms with E-state index in [4.69, 9.17) is 0 Å². The molecule has 0 saturated heterocycles. The zero-order valence-electron chi connectivity index (χ0n) is 10.8. The van der Waals surface area contributed by atoms with Crippen LogP contribution in [0.2, 0.25) is 0 Å². The number of phenolic OH excluding ortho intramolecular Hbond substituents is 1. The summed E-state index contributed by atoms with van der Waals surface area (Å²) in [7, 11) is 0. The summed E-state index contributed by atoms with van der Waals surface area (Å²) in [5.74, 6) is -2.01. The monoisotopic (exact) mass is 277 g/mol. The smallest absolute Gasteiger partial charge is 0.229 e. The molecular formula is C15H13F2NO2. The molecule has 0 atom stereocenters. The Balaban J connectivity index is 2.09. The van der Waals surface area contributed by atoms with Crippen LogP contribution >= 0.6 is 0 Å². The highest BCUT2D eigenvalue weighted by molar-refractivity contribution is 5.93. The molecule has 0 radical (unpaired) electrons. The number of nitrogens with one attached hydrogen (secondary N) is 1. The molecule has 3 nitrogen and oxygen atoms in total. The highest BCUT2D eigenvalue weighted by atomic mass is 19.1. The predicted octanol–water partition coefficient (Wildman–Crippen LogP) is 3.16. The van der Waals surface area contributed by atoms with Gasteiger partial charge < -0.3 is 10.4 Å². The first-order valence-electron chi connectivity index (χ1n) is 5.99. The molecule has 1 amide bonds. The molecule has 2 aromatic rings. The van der Waals surface area contributed by atoms with Gasteiger partial charge in [-0.1, -0.05) is 12.1 Å². The van der Waals surface area contributed by atoms with Gasteiger partial charge in [0.2, 0.25) is 5.91 Å². The quantitative estimate of drug-likeness (QED) is 0.847.